The molecule has 4 rings (SSSR count). The summed E-state index contributed by atoms with van der Waals surface area (Å²) in [5.41, 5.74) is 0.492. The minimum absolute atomic E-state index is 0.0193. The minimum atomic E-state index is -3.54. The lowest BCUT2D eigenvalue weighted by Crippen LogP contribution is -2.41. The predicted molar refractivity (Wildman–Crippen MR) is 134 cm³/mol. The van der Waals surface area contributed by atoms with Gasteiger partial charge in [-0.3, -0.25) is 9.69 Å². The van der Waals surface area contributed by atoms with Crippen molar-refractivity contribution < 1.29 is 27.1 Å². The summed E-state index contributed by atoms with van der Waals surface area (Å²) in [6.45, 7) is 3.92. The number of carbonyl (C=O) groups excluding carboxylic acids is 1. The lowest BCUT2D eigenvalue weighted by atomic mass is 9.95. The van der Waals surface area contributed by atoms with Crippen LogP contribution in [0.2, 0.25) is 5.02 Å². The van der Waals surface area contributed by atoms with E-state index in [1.54, 1.807) is 24.3 Å². The fourth-order valence-electron chi connectivity index (χ4n) is 4.39. The molecular weight excluding hydrogens is 509 g/mol. The van der Waals surface area contributed by atoms with E-state index in [0.29, 0.717) is 81.7 Å². The van der Waals surface area contributed by atoms with Crippen LogP contribution in [0.4, 0.5) is 4.39 Å². The lowest BCUT2D eigenvalue weighted by Gasteiger charge is -2.31. The van der Waals surface area contributed by atoms with Crippen molar-refractivity contribution in [3.63, 3.8) is 0 Å². The van der Waals surface area contributed by atoms with Gasteiger partial charge in [-0.05, 0) is 62.3 Å². The van der Waals surface area contributed by atoms with Crippen LogP contribution in [0, 0.1) is 11.7 Å². The number of ether oxygens (including phenoxy) is 2. The SMILES string of the molecule is O=C(NCCOc1ccc(S(=O)(=O)N2CCOCC2)cc1)C1CCN(Cc2c(F)cccc2Cl)CC1. The molecule has 0 saturated carbocycles. The van der Waals surface area contributed by atoms with Gasteiger partial charge in [0.15, 0.2) is 0 Å². The molecule has 0 spiro atoms. The molecule has 2 fully saturated rings. The Hall–Kier alpha value is -2.24. The van der Waals surface area contributed by atoms with Gasteiger partial charge >= 0.3 is 0 Å². The zero-order valence-electron chi connectivity index (χ0n) is 20.0. The van der Waals surface area contributed by atoms with Gasteiger partial charge < -0.3 is 14.8 Å². The van der Waals surface area contributed by atoms with Crippen molar-refractivity contribution in [1.29, 1.82) is 0 Å². The number of halogens is 2. The van der Waals surface area contributed by atoms with Crippen LogP contribution in [-0.2, 0) is 26.1 Å². The molecule has 2 aromatic carbocycles. The second kappa shape index (κ2) is 12.3. The van der Waals surface area contributed by atoms with E-state index in [1.165, 1.54) is 22.5 Å². The van der Waals surface area contributed by atoms with Crippen molar-refractivity contribution >= 4 is 27.5 Å². The number of rotatable bonds is 9. The summed E-state index contributed by atoms with van der Waals surface area (Å²) in [5.74, 6) is 0.108. The fourth-order valence-corrected chi connectivity index (χ4v) is 6.02. The number of sulfonamides is 1. The standard InChI is InChI=1S/C25H31ClFN3O5S/c26-23-2-1-3-24(27)22(23)18-29-11-8-19(9-12-29)25(31)28-10-15-35-20-4-6-21(7-5-20)36(32,33)30-13-16-34-17-14-30/h1-7,19H,8-18H2,(H,28,31). The third-order valence-corrected chi connectivity index (χ3v) is 8.77. The van der Waals surface area contributed by atoms with Crippen molar-refractivity contribution in [3.8, 4) is 5.75 Å². The molecule has 1 amide bonds. The summed E-state index contributed by atoms with van der Waals surface area (Å²) >= 11 is 6.13. The van der Waals surface area contributed by atoms with Gasteiger partial charge in [-0.1, -0.05) is 17.7 Å². The van der Waals surface area contributed by atoms with Crippen LogP contribution >= 0.6 is 11.6 Å². The monoisotopic (exact) mass is 539 g/mol. The van der Waals surface area contributed by atoms with Crippen molar-refractivity contribution in [2.24, 2.45) is 5.92 Å². The van der Waals surface area contributed by atoms with E-state index in [0.717, 1.165) is 0 Å². The number of nitrogens with one attached hydrogen (secondary N) is 1. The van der Waals surface area contributed by atoms with Gasteiger partial charge in [-0.2, -0.15) is 4.31 Å². The second-order valence-electron chi connectivity index (χ2n) is 8.88. The average molecular weight is 540 g/mol. The molecule has 196 valence electrons. The van der Waals surface area contributed by atoms with Crippen LogP contribution in [0.3, 0.4) is 0 Å². The predicted octanol–water partition coefficient (Wildman–Crippen LogP) is 2.91. The van der Waals surface area contributed by atoms with E-state index in [4.69, 9.17) is 21.1 Å². The number of amides is 1. The Morgan fingerprint density at radius 3 is 2.44 bits per heavy atom. The van der Waals surface area contributed by atoms with Gasteiger partial charge in [0.1, 0.15) is 18.2 Å². The molecule has 8 nitrogen and oxygen atoms in total. The number of nitrogens with zero attached hydrogens (tertiary/aromatic N) is 2. The zero-order valence-corrected chi connectivity index (χ0v) is 21.6. The highest BCUT2D eigenvalue weighted by molar-refractivity contribution is 7.89. The Balaban J connectivity index is 1.16. The van der Waals surface area contributed by atoms with E-state index in [9.17, 15) is 17.6 Å². The minimum Gasteiger partial charge on any atom is -0.492 e. The topological polar surface area (TPSA) is 88.2 Å². The summed E-state index contributed by atoms with van der Waals surface area (Å²) in [6, 6.07) is 11.0. The van der Waals surface area contributed by atoms with Crippen LogP contribution in [-0.4, -0.2) is 76.1 Å². The van der Waals surface area contributed by atoms with Gasteiger partial charge in [-0.25, -0.2) is 12.8 Å². The summed E-state index contributed by atoms with van der Waals surface area (Å²) < 4.78 is 51.7. The molecule has 2 aromatic rings. The largest absolute Gasteiger partial charge is 0.492 e. The summed E-state index contributed by atoms with van der Waals surface area (Å²) in [7, 11) is -3.54. The number of morpholine rings is 1. The van der Waals surface area contributed by atoms with Gasteiger partial charge in [0.05, 0.1) is 24.7 Å². The zero-order chi connectivity index (χ0) is 25.5. The van der Waals surface area contributed by atoms with Gasteiger partial charge in [0.2, 0.25) is 15.9 Å². The highest BCUT2D eigenvalue weighted by Gasteiger charge is 2.27. The molecule has 1 N–H and O–H groups in total. The van der Waals surface area contributed by atoms with Crippen LogP contribution in [0.1, 0.15) is 18.4 Å². The molecule has 2 saturated heterocycles. The molecule has 11 heteroatoms. The Morgan fingerprint density at radius 2 is 1.78 bits per heavy atom. The number of piperidine rings is 1. The molecule has 0 aromatic heterocycles. The fraction of sp³-hybridized carbons (Fsp3) is 0.480. The Morgan fingerprint density at radius 1 is 1.08 bits per heavy atom. The normalized spacial score (nSPS) is 18.2. The number of hydrogen-bond donors (Lipinski definition) is 1. The molecule has 2 heterocycles. The molecule has 0 bridgehead atoms. The Bertz CT molecular complexity index is 1110. The van der Waals surface area contributed by atoms with Gasteiger partial charge in [0.25, 0.3) is 0 Å². The molecular formula is C25H31ClFN3O5S. The van der Waals surface area contributed by atoms with Crippen LogP contribution in [0.25, 0.3) is 0 Å². The van der Waals surface area contributed by atoms with Crippen molar-refractivity contribution in [1.82, 2.24) is 14.5 Å². The molecule has 0 unspecified atom stereocenters. The summed E-state index contributed by atoms with van der Waals surface area (Å²) in [4.78, 5) is 14.9. The molecule has 0 atom stereocenters. The van der Waals surface area contributed by atoms with Crippen LogP contribution in [0.5, 0.6) is 5.75 Å². The van der Waals surface area contributed by atoms with E-state index < -0.39 is 10.0 Å². The van der Waals surface area contributed by atoms with Gasteiger partial charge in [0, 0.05) is 36.1 Å². The van der Waals surface area contributed by atoms with Crippen molar-refractivity contribution in [2.75, 3.05) is 52.5 Å². The average Bonchev–Trinajstić information content (AvgIpc) is 2.90. The van der Waals surface area contributed by atoms with E-state index >= 15 is 0 Å². The molecule has 2 aliphatic rings. The quantitative estimate of drug-likeness (QED) is 0.493. The van der Waals surface area contributed by atoms with Crippen molar-refractivity contribution in [2.45, 2.75) is 24.3 Å². The molecule has 2 aliphatic heterocycles. The van der Waals surface area contributed by atoms with Crippen LogP contribution in [0.15, 0.2) is 47.4 Å². The first-order valence-electron chi connectivity index (χ1n) is 12.1. The third kappa shape index (κ3) is 6.74. The smallest absolute Gasteiger partial charge is 0.243 e. The maximum Gasteiger partial charge on any atom is 0.243 e. The Labute approximate surface area is 216 Å². The number of benzene rings is 2. The molecule has 0 aliphatic carbocycles. The molecule has 36 heavy (non-hydrogen) atoms. The number of likely N-dealkylation sites (tertiary alicyclic amines) is 1. The lowest BCUT2D eigenvalue weighted by molar-refractivity contribution is -0.126. The second-order valence-corrected chi connectivity index (χ2v) is 11.2. The highest BCUT2D eigenvalue weighted by atomic mass is 35.5. The van der Waals surface area contributed by atoms with Gasteiger partial charge in [-0.15, -0.1) is 0 Å². The maximum atomic E-state index is 14.0. The third-order valence-electron chi connectivity index (χ3n) is 6.50. The van der Waals surface area contributed by atoms with E-state index in [-0.39, 0.29) is 29.1 Å². The first-order valence-corrected chi connectivity index (χ1v) is 13.9. The summed E-state index contributed by atoms with van der Waals surface area (Å²) in [6.07, 6.45) is 1.38. The maximum absolute atomic E-state index is 14.0. The number of hydrogen-bond acceptors (Lipinski definition) is 6. The highest BCUT2D eigenvalue weighted by Crippen LogP contribution is 2.24. The molecule has 0 radical (unpaired) electrons. The van der Waals surface area contributed by atoms with Crippen LogP contribution < -0.4 is 10.1 Å². The first-order chi connectivity index (χ1) is 17.3. The Kier molecular flexibility index (Phi) is 9.19. The van der Waals surface area contributed by atoms with E-state index in [2.05, 4.69) is 10.2 Å². The van der Waals surface area contributed by atoms with E-state index in [1.807, 2.05) is 0 Å². The van der Waals surface area contributed by atoms with Crippen molar-refractivity contribution in [3.05, 3.63) is 58.9 Å². The first kappa shape index (κ1) is 26.8. The number of carbonyl (C=O) groups is 1. The summed E-state index contributed by atoms with van der Waals surface area (Å²) in [5, 5.41) is 3.33.